The average molecular weight is 335 g/mol. The van der Waals surface area contributed by atoms with Gasteiger partial charge in [-0.1, -0.05) is 24.3 Å². The Morgan fingerprint density at radius 2 is 1.92 bits per heavy atom. The Morgan fingerprint density at radius 3 is 2.76 bits per heavy atom. The van der Waals surface area contributed by atoms with Crippen LogP contribution in [-0.2, 0) is 4.79 Å². The van der Waals surface area contributed by atoms with Gasteiger partial charge in [0.05, 0.1) is 23.2 Å². The molecule has 0 fully saturated rings. The molecular formula is C20H17NO4. The Morgan fingerprint density at radius 1 is 1.16 bits per heavy atom. The highest BCUT2D eigenvalue weighted by Gasteiger charge is 2.07. The number of nitrogens with one attached hydrogen (secondary N) is 1. The van der Waals surface area contributed by atoms with Crippen molar-refractivity contribution in [1.29, 1.82) is 0 Å². The molecule has 1 amide bonds. The molecule has 0 bridgehead atoms. The number of rotatable bonds is 5. The number of anilines is 1. The van der Waals surface area contributed by atoms with Gasteiger partial charge < -0.3 is 14.5 Å². The number of ether oxygens (including phenoxy) is 1. The first kappa shape index (κ1) is 16.5. The van der Waals surface area contributed by atoms with Crippen molar-refractivity contribution in [3.8, 4) is 5.75 Å². The van der Waals surface area contributed by atoms with Crippen LogP contribution >= 0.6 is 0 Å². The second kappa shape index (κ2) is 7.49. The molecule has 0 saturated heterocycles. The summed E-state index contributed by atoms with van der Waals surface area (Å²) < 4.78 is 10.9. The topological polar surface area (TPSA) is 68.5 Å². The van der Waals surface area contributed by atoms with Gasteiger partial charge in [0, 0.05) is 6.08 Å². The molecule has 0 aliphatic rings. The molecule has 5 heteroatoms. The fourth-order valence-corrected chi connectivity index (χ4v) is 2.40. The largest absolute Gasteiger partial charge is 0.492 e. The van der Waals surface area contributed by atoms with E-state index in [0.29, 0.717) is 34.6 Å². The Kier molecular flexibility index (Phi) is 4.95. The summed E-state index contributed by atoms with van der Waals surface area (Å²) in [5.41, 5.74) is 1.22. The molecule has 0 saturated carbocycles. The van der Waals surface area contributed by atoms with Crippen LogP contribution in [0.25, 0.3) is 17.0 Å². The van der Waals surface area contributed by atoms with Crippen LogP contribution in [0.1, 0.15) is 12.5 Å². The van der Waals surface area contributed by atoms with Crippen LogP contribution < -0.4 is 15.5 Å². The summed E-state index contributed by atoms with van der Waals surface area (Å²) in [5.74, 6) is 0.233. The zero-order valence-corrected chi connectivity index (χ0v) is 13.7. The van der Waals surface area contributed by atoms with E-state index in [1.807, 2.05) is 13.0 Å². The minimum atomic E-state index is -0.361. The standard InChI is InChI=1S/C20H17NO4/c1-2-24-18-10-6-4-8-16(18)21-19(22)12-11-14-13-25-17-9-5-3-7-15(17)20(14)23/h3-13H,2H2,1H3,(H,21,22)/b12-11+. The van der Waals surface area contributed by atoms with Crippen molar-refractivity contribution < 1.29 is 13.9 Å². The molecule has 126 valence electrons. The van der Waals surface area contributed by atoms with Crippen molar-refractivity contribution in [3.63, 3.8) is 0 Å². The molecule has 25 heavy (non-hydrogen) atoms. The Hall–Kier alpha value is -3.34. The van der Waals surface area contributed by atoms with Crippen LogP contribution in [0.3, 0.4) is 0 Å². The molecule has 1 aromatic heterocycles. The van der Waals surface area contributed by atoms with Crippen LogP contribution in [0.2, 0.25) is 0 Å². The molecule has 5 nitrogen and oxygen atoms in total. The Bertz CT molecular complexity index is 988. The van der Waals surface area contributed by atoms with Crippen LogP contribution in [0, 0.1) is 0 Å². The lowest BCUT2D eigenvalue weighted by Crippen LogP contribution is -2.10. The van der Waals surface area contributed by atoms with Crippen LogP contribution in [0.4, 0.5) is 5.69 Å². The van der Waals surface area contributed by atoms with Gasteiger partial charge in [-0.2, -0.15) is 0 Å². The summed E-state index contributed by atoms with van der Waals surface area (Å²) in [5, 5.41) is 3.22. The van der Waals surface area contributed by atoms with E-state index < -0.39 is 0 Å². The molecule has 0 radical (unpaired) electrons. The van der Waals surface area contributed by atoms with E-state index in [1.54, 1.807) is 42.5 Å². The Labute approximate surface area is 144 Å². The number of para-hydroxylation sites is 3. The number of hydrogen-bond donors (Lipinski definition) is 1. The van der Waals surface area contributed by atoms with Crippen molar-refractivity contribution in [3.05, 3.63) is 76.7 Å². The second-order valence-electron chi connectivity index (χ2n) is 5.27. The minimum Gasteiger partial charge on any atom is -0.492 e. The number of amides is 1. The first-order valence-corrected chi connectivity index (χ1v) is 7.90. The maximum atomic E-state index is 12.4. The second-order valence-corrected chi connectivity index (χ2v) is 5.27. The zero-order chi connectivity index (χ0) is 17.6. The SMILES string of the molecule is CCOc1ccccc1NC(=O)/C=C/c1coc2ccccc2c1=O. The first-order valence-electron chi connectivity index (χ1n) is 7.90. The molecule has 0 spiro atoms. The van der Waals surface area contributed by atoms with Crippen molar-refractivity contribution in [1.82, 2.24) is 0 Å². The molecule has 0 unspecified atom stereocenters. The highest BCUT2D eigenvalue weighted by molar-refractivity contribution is 6.02. The van der Waals surface area contributed by atoms with E-state index in [4.69, 9.17) is 9.15 Å². The quantitative estimate of drug-likeness (QED) is 0.719. The normalized spacial score (nSPS) is 10.9. The number of hydrogen-bond acceptors (Lipinski definition) is 4. The predicted octanol–water partition coefficient (Wildman–Crippen LogP) is 3.84. The van der Waals surface area contributed by atoms with E-state index in [0.717, 1.165) is 0 Å². The number of benzene rings is 2. The van der Waals surface area contributed by atoms with Gasteiger partial charge in [-0.3, -0.25) is 9.59 Å². The minimum absolute atomic E-state index is 0.180. The van der Waals surface area contributed by atoms with E-state index in [9.17, 15) is 9.59 Å². The van der Waals surface area contributed by atoms with Gasteiger partial charge in [0.15, 0.2) is 5.43 Å². The van der Waals surface area contributed by atoms with Crippen molar-refractivity contribution in [2.75, 3.05) is 11.9 Å². The summed E-state index contributed by atoms with van der Waals surface area (Å²) >= 11 is 0. The highest BCUT2D eigenvalue weighted by atomic mass is 16.5. The van der Waals surface area contributed by atoms with Gasteiger partial charge in [-0.05, 0) is 37.3 Å². The van der Waals surface area contributed by atoms with Gasteiger partial charge in [0.2, 0.25) is 5.91 Å². The van der Waals surface area contributed by atoms with Crippen molar-refractivity contribution in [2.24, 2.45) is 0 Å². The summed E-state index contributed by atoms with van der Waals surface area (Å²) in [6.07, 6.45) is 4.09. The molecule has 1 N–H and O–H groups in total. The van der Waals surface area contributed by atoms with Gasteiger partial charge >= 0.3 is 0 Å². The van der Waals surface area contributed by atoms with Crippen molar-refractivity contribution >= 4 is 28.6 Å². The lowest BCUT2D eigenvalue weighted by atomic mass is 10.1. The molecule has 0 aliphatic carbocycles. The number of carbonyl (C=O) groups excluding carboxylic acids is 1. The van der Waals surface area contributed by atoms with Gasteiger partial charge in [-0.15, -0.1) is 0 Å². The summed E-state index contributed by atoms with van der Waals surface area (Å²) in [6.45, 7) is 2.37. The third-order valence-corrected chi connectivity index (χ3v) is 3.57. The Balaban J connectivity index is 1.80. The van der Waals surface area contributed by atoms with E-state index in [-0.39, 0.29) is 11.3 Å². The molecular weight excluding hydrogens is 318 g/mol. The average Bonchev–Trinajstić information content (AvgIpc) is 2.63. The monoisotopic (exact) mass is 335 g/mol. The fraction of sp³-hybridized carbons (Fsp3) is 0.100. The summed E-state index contributed by atoms with van der Waals surface area (Å²) in [7, 11) is 0. The number of fused-ring (bicyclic) bond motifs is 1. The van der Waals surface area contributed by atoms with Crippen LogP contribution in [0.5, 0.6) is 5.75 Å². The predicted molar refractivity (Wildman–Crippen MR) is 97.8 cm³/mol. The van der Waals surface area contributed by atoms with E-state index in [1.165, 1.54) is 18.4 Å². The molecule has 2 aromatic carbocycles. The van der Waals surface area contributed by atoms with E-state index in [2.05, 4.69) is 5.32 Å². The third kappa shape index (κ3) is 3.77. The molecule has 3 aromatic rings. The van der Waals surface area contributed by atoms with Crippen LogP contribution in [-0.4, -0.2) is 12.5 Å². The van der Waals surface area contributed by atoms with E-state index >= 15 is 0 Å². The lowest BCUT2D eigenvalue weighted by Gasteiger charge is -2.09. The van der Waals surface area contributed by atoms with Crippen molar-refractivity contribution in [2.45, 2.75) is 6.92 Å². The maximum absolute atomic E-state index is 12.4. The molecule has 0 atom stereocenters. The number of carbonyl (C=O) groups is 1. The fourth-order valence-electron chi connectivity index (χ4n) is 2.40. The highest BCUT2D eigenvalue weighted by Crippen LogP contribution is 2.23. The zero-order valence-electron chi connectivity index (χ0n) is 13.7. The lowest BCUT2D eigenvalue weighted by molar-refractivity contribution is -0.111. The molecule has 0 aliphatic heterocycles. The van der Waals surface area contributed by atoms with Gasteiger partial charge in [-0.25, -0.2) is 0 Å². The van der Waals surface area contributed by atoms with Gasteiger partial charge in [0.25, 0.3) is 0 Å². The first-order chi connectivity index (χ1) is 12.2. The summed E-state index contributed by atoms with van der Waals surface area (Å²) in [6, 6.07) is 14.1. The summed E-state index contributed by atoms with van der Waals surface area (Å²) in [4.78, 5) is 24.5. The van der Waals surface area contributed by atoms with Gasteiger partial charge in [0.1, 0.15) is 17.6 Å². The molecule has 3 rings (SSSR count). The van der Waals surface area contributed by atoms with Crippen LogP contribution in [0.15, 0.2) is 70.1 Å². The third-order valence-electron chi connectivity index (χ3n) is 3.57. The smallest absolute Gasteiger partial charge is 0.248 e. The molecule has 1 heterocycles. The maximum Gasteiger partial charge on any atom is 0.248 e.